The first kappa shape index (κ1) is 25.7. The van der Waals surface area contributed by atoms with Gasteiger partial charge in [0.1, 0.15) is 11.4 Å². The molecule has 1 saturated carbocycles. The Balaban J connectivity index is 1.33. The van der Waals surface area contributed by atoms with Crippen molar-refractivity contribution < 1.29 is 13.9 Å². The molecule has 4 aromatic rings. The molecule has 0 spiro atoms. The summed E-state index contributed by atoms with van der Waals surface area (Å²) in [7, 11) is 1.77. The number of nitrogens with zero attached hydrogens (tertiary/aromatic N) is 5. The number of nitrogens with one attached hydrogen (secondary N) is 1. The zero-order valence-electron chi connectivity index (χ0n) is 21.5. The van der Waals surface area contributed by atoms with Crippen molar-refractivity contribution in [3.63, 3.8) is 0 Å². The van der Waals surface area contributed by atoms with Gasteiger partial charge in [-0.3, -0.25) is 14.3 Å². The Morgan fingerprint density at radius 2 is 2.08 bits per heavy atom. The van der Waals surface area contributed by atoms with Crippen LogP contribution in [-0.2, 0) is 11.8 Å². The van der Waals surface area contributed by atoms with Crippen LogP contribution < -0.4 is 15.6 Å². The lowest BCUT2D eigenvalue weighted by Gasteiger charge is -2.26. The zero-order chi connectivity index (χ0) is 26.8. The second-order valence-electron chi connectivity index (χ2n) is 9.36. The van der Waals surface area contributed by atoms with E-state index in [-0.39, 0.29) is 29.0 Å². The maximum Gasteiger partial charge on any atom is 0.296 e. The predicted molar refractivity (Wildman–Crippen MR) is 143 cm³/mol. The largest absolute Gasteiger partial charge is 0.493 e. The number of pyridine rings is 1. The number of rotatable bonds is 7. The van der Waals surface area contributed by atoms with Gasteiger partial charge < -0.3 is 14.5 Å². The number of amides is 1. The molecule has 2 atom stereocenters. The third-order valence-corrected chi connectivity index (χ3v) is 7.21. The Morgan fingerprint density at radius 1 is 1.24 bits per heavy atom. The minimum atomic E-state index is -0.322. The highest BCUT2D eigenvalue weighted by Crippen LogP contribution is 2.38. The molecule has 1 aliphatic carbocycles. The van der Waals surface area contributed by atoms with E-state index in [9.17, 15) is 9.59 Å². The summed E-state index contributed by atoms with van der Waals surface area (Å²) >= 11 is 6.19. The van der Waals surface area contributed by atoms with Crippen molar-refractivity contribution in [2.24, 2.45) is 13.0 Å². The van der Waals surface area contributed by atoms with E-state index < -0.39 is 0 Å². The second kappa shape index (κ2) is 10.8. The molecule has 198 valence electrons. The number of hydrogen-bond acceptors (Lipinski definition) is 7. The van der Waals surface area contributed by atoms with Crippen molar-refractivity contribution >= 4 is 23.2 Å². The summed E-state index contributed by atoms with van der Waals surface area (Å²) in [4.78, 5) is 30.8. The van der Waals surface area contributed by atoms with Crippen molar-refractivity contribution in [1.29, 1.82) is 0 Å². The van der Waals surface area contributed by atoms with Crippen molar-refractivity contribution in [2.75, 3.05) is 11.9 Å². The van der Waals surface area contributed by atoms with E-state index in [1.807, 2.05) is 13.0 Å². The molecule has 38 heavy (non-hydrogen) atoms. The molecule has 1 N–H and O–H groups in total. The van der Waals surface area contributed by atoms with Gasteiger partial charge in [0.05, 0.1) is 17.9 Å². The lowest BCUT2D eigenvalue weighted by Crippen LogP contribution is -2.30. The summed E-state index contributed by atoms with van der Waals surface area (Å²) in [5, 5.41) is 12.0. The van der Waals surface area contributed by atoms with Crippen LogP contribution in [0.5, 0.6) is 5.75 Å². The Labute approximate surface area is 224 Å². The molecule has 0 saturated heterocycles. The minimum absolute atomic E-state index is 0.0717. The Bertz CT molecular complexity index is 1510. The number of ether oxygens (including phenoxy) is 1. The average molecular weight is 537 g/mol. The quantitative estimate of drug-likeness (QED) is 0.357. The van der Waals surface area contributed by atoms with Gasteiger partial charge in [0.15, 0.2) is 5.82 Å². The molecule has 0 unspecified atom stereocenters. The highest BCUT2D eigenvalue weighted by Gasteiger charge is 2.32. The van der Waals surface area contributed by atoms with Crippen molar-refractivity contribution in [1.82, 2.24) is 24.5 Å². The van der Waals surface area contributed by atoms with Gasteiger partial charge in [-0.15, -0.1) is 10.2 Å². The van der Waals surface area contributed by atoms with Gasteiger partial charge in [0.2, 0.25) is 11.8 Å². The van der Waals surface area contributed by atoms with Crippen LogP contribution in [0.25, 0.3) is 17.3 Å². The molecule has 1 aliphatic rings. The number of benzene rings is 1. The van der Waals surface area contributed by atoms with Crippen LogP contribution >= 0.6 is 11.6 Å². The van der Waals surface area contributed by atoms with E-state index in [2.05, 4.69) is 20.5 Å². The van der Waals surface area contributed by atoms with Crippen LogP contribution in [0.3, 0.4) is 0 Å². The molecule has 3 heterocycles. The maximum atomic E-state index is 13.3. The molecule has 1 aromatic carbocycles. The molecule has 1 amide bonds. The van der Waals surface area contributed by atoms with E-state index >= 15 is 0 Å². The van der Waals surface area contributed by atoms with Crippen molar-refractivity contribution in [3.8, 4) is 23.0 Å². The zero-order valence-corrected chi connectivity index (χ0v) is 22.2. The van der Waals surface area contributed by atoms with E-state index in [4.69, 9.17) is 20.8 Å². The molecule has 11 heteroatoms. The first-order chi connectivity index (χ1) is 18.4. The van der Waals surface area contributed by atoms with Crippen LogP contribution in [0, 0.1) is 12.8 Å². The highest BCUT2D eigenvalue weighted by atomic mass is 35.5. The van der Waals surface area contributed by atoms with Crippen LogP contribution in [0.4, 0.5) is 5.69 Å². The fourth-order valence-corrected chi connectivity index (χ4v) is 5.10. The Morgan fingerprint density at radius 3 is 2.84 bits per heavy atom. The summed E-state index contributed by atoms with van der Waals surface area (Å²) in [6.07, 6.45) is 4.54. The summed E-state index contributed by atoms with van der Waals surface area (Å²) in [6, 6.07) is 10.6. The molecule has 3 aromatic heterocycles. The number of anilines is 1. The molecule has 0 aliphatic heterocycles. The van der Waals surface area contributed by atoms with Crippen LogP contribution in [0.2, 0.25) is 5.02 Å². The Hall–Kier alpha value is -3.92. The number of hydrogen-bond donors (Lipinski definition) is 1. The topological polar surface area (TPSA) is 117 Å². The van der Waals surface area contributed by atoms with Gasteiger partial charge in [-0.25, -0.2) is 4.98 Å². The van der Waals surface area contributed by atoms with Crippen molar-refractivity contribution in [2.45, 2.75) is 45.4 Å². The van der Waals surface area contributed by atoms with E-state index in [1.54, 1.807) is 55.2 Å². The molecule has 10 nitrogen and oxygen atoms in total. The highest BCUT2D eigenvalue weighted by molar-refractivity contribution is 6.30. The van der Waals surface area contributed by atoms with E-state index in [0.29, 0.717) is 59.1 Å². The smallest absolute Gasteiger partial charge is 0.296 e. The fourth-order valence-electron chi connectivity index (χ4n) is 4.93. The van der Waals surface area contributed by atoms with Crippen LogP contribution in [0.1, 0.15) is 50.1 Å². The van der Waals surface area contributed by atoms with Gasteiger partial charge in [-0.2, -0.15) is 4.68 Å². The molecule has 0 radical (unpaired) electrons. The third-order valence-electron chi connectivity index (χ3n) is 6.97. The predicted octanol–water partition coefficient (Wildman–Crippen LogP) is 4.89. The maximum absolute atomic E-state index is 13.3. The lowest BCUT2D eigenvalue weighted by molar-refractivity contribution is -0.121. The van der Waals surface area contributed by atoms with E-state index in [0.717, 1.165) is 12.8 Å². The van der Waals surface area contributed by atoms with Crippen LogP contribution in [0.15, 0.2) is 51.8 Å². The summed E-state index contributed by atoms with van der Waals surface area (Å²) in [5.74, 6) is 1.35. The van der Waals surface area contributed by atoms with Gasteiger partial charge in [-0.05, 0) is 63.4 Å². The first-order valence-corrected chi connectivity index (χ1v) is 13.0. The van der Waals surface area contributed by atoms with Crippen molar-refractivity contribution in [3.05, 3.63) is 69.6 Å². The van der Waals surface area contributed by atoms with Gasteiger partial charge in [0.25, 0.3) is 11.4 Å². The van der Waals surface area contributed by atoms with Crippen LogP contribution in [-0.4, -0.2) is 37.1 Å². The SMILES string of the molecule is CCOc1ccc(Cl)cc1-c1nnc([C@H]2CCC[C@@H](C(=O)Nc3c(C)n(C)n(-c4ccccn4)c3=O)C2)o1. The summed E-state index contributed by atoms with van der Waals surface area (Å²) in [6.45, 7) is 4.19. The number of halogens is 1. The van der Waals surface area contributed by atoms with Gasteiger partial charge in [-0.1, -0.05) is 24.1 Å². The number of aromatic nitrogens is 5. The second-order valence-corrected chi connectivity index (χ2v) is 9.79. The average Bonchev–Trinajstić information content (AvgIpc) is 3.50. The molecule has 1 fully saturated rings. The summed E-state index contributed by atoms with van der Waals surface area (Å²) in [5.41, 5.74) is 1.22. The molecular weight excluding hydrogens is 508 g/mol. The number of carbonyl (C=O) groups is 1. The number of carbonyl (C=O) groups excluding carboxylic acids is 1. The summed E-state index contributed by atoms with van der Waals surface area (Å²) < 4.78 is 14.9. The first-order valence-electron chi connectivity index (χ1n) is 12.6. The van der Waals surface area contributed by atoms with Gasteiger partial charge >= 0.3 is 0 Å². The van der Waals surface area contributed by atoms with Gasteiger partial charge in [0, 0.05) is 30.1 Å². The molecule has 5 rings (SSSR count). The fraction of sp³-hybridized carbons (Fsp3) is 0.370. The standard InChI is InChI=1S/C27H29ClN6O4/c1-4-37-21-12-11-19(28)15-20(21)26-32-31-25(38-26)18-9-7-8-17(14-18)24(35)30-23-16(2)33(3)34(27(23)36)22-10-5-6-13-29-22/h5-6,10-13,15,17-18H,4,7-9,14H2,1-3H3,(H,30,35)/t17-,18+/m1/s1. The normalized spacial score (nSPS) is 17.4. The Kier molecular flexibility index (Phi) is 7.33. The lowest BCUT2D eigenvalue weighted by atomic mass is 9.81. The molecule has 0 bridgehead atoms. The molecular formula is C27H29ClN6O4. The third kappa shape index (κ3) is 4.96. The minimum Gasteiger partial charge on any atom is -0.493 e. The monoisotopic (exact) mass is 536 g/mol. The van der Waals surface area contributed by atoms with E-state index in [1.165, 1.54) is 4.68 Å².